The van der Waals surface area contributed by atoms with Crippen LogP contribution in [0.15, 0.2) is 47.0 Å². The largest absolute Gasteiger partial charge is 0.491 e. The monoisotopic (exact) mass is 269 g/mol. The summed E-state index contributed by atoms with van der Waals surface area (Å²) < 4.78 is 13.5. The third-order valence-corrected chi connectivity index (χ3v) is 3.24. The van der Waals surface area contributed by atoms with Crippen molar-refractivity contribution in [2.45, 2.75) is 33.4 Å². The van der Waals surface area contributed by atoms with E-state index in [1.54, 1.807) is 0 Å². The fourth-order valence-electron chi connectivity index (χ4n) is 2.40. The lowest BCUT2D eigenvalue weighted by atomic mass is 10.2. The molecule has 0 aliphatic heterocycles. The molecule has 0 spiro atoms. The summed E-state index contributed by atoms with van der Waals surface area (Å²) in [5.41, 5.74) is 1.19. The average molecular weight is 269 g/mol. The van der Waals surface area contributed by atoms with Crippen molar-refractivity contribution in [1.29, 1.82) is 0 Å². The van der Waals surface area contributed by atoms with Gasteiger partial charge in [0, 0.05) is 17.1 Å². The van der Waals surface area contributed by atoms with Crippen LogP contribution in [0.3, 0.4) is 0 Å². The van der Waals surface area contributed by atoms with E-state index in [9.17, 15) is 0 Å². The van der Waals surface area contributed by atoms with Crippen LogP contribution in [0.2, 0.25) is 0 Å². The highest BCUT2D eigenvalue weighted by Crippen LogP contribution is 2.23. The minimum atomic E-state index is 0.195. The lowest BCUT2D eigenvalue weighted by molar-refractivity contribution is 0.243. The number of aryl methyl sites for hydroxylation is 1. The van der Waals surface area contributed by atoms with Gasteiger partial charge in [-0.25, -0.2) is 0 Å². The van der Waals surface area contributed by atoms with Crippen LogP contribution in [0.25, 0.3) is 10.9 Å². The molecule has 0 aliphatic carbocycles. The molecule has 3 aromatic rings. The van der Waals surface area contributed by atoms with E-state index in [1.165, 1.54) is 10.9 Å². The minimum absolute atomic E-state index is 0.195. The predicted octanol–water partition coefficient (Wildman–Crippen LogP) is 4.38. The predicted molar refractivity (Wildman–Crippen MR) is 80.2 cm³/mol. The molecule has 1 aromatic carbocycles. The molecule has 3 nitrogen and oxygen atoms in total. The highest BCUT2D eigenvalue weighted by atomic mass is 16.5. The molecule has 0 bridgehead atoms. The van der Waals surface area contributed by atoms with Crippen molar-refractivity contribution in [1.82, 2.24) is 4.57 Å². The summed E-state index contributed by atoms with van der Waals surface area (Å²) in [6.07, 6.45) is 2.28. The van der Waals surface area contributed by atoms with Crippen LogP contribution in [-0.2, 0) is 6.54 Å². The maximum Gasteiger partial charge on any atom is 0.123 e. The van der Waals surface area contributed by atoms with Gasteiger partial charge in [-0.15, -0.1) is 0 Å². The molecule has 3 rings (SSSR count). The molecule has 2 aromatic heterocycles. The second-order valence-corrected chi connectivity index (χ2v) is 5.34. The van der Waals surface area contributed by atoms with E-state index in [0.717, 1.165) is 23.8 Å². The van der Waals surface area contributed by atoms with Gasteiger partial charge in [0.1, 0.15) is 17.3 Å². The van der Waals surface area contributed by atoms with Gasteiger partial charge in [0.15, 0.2) is 0 Å². The van der Waals surface area contributed by atoms with Crippen molar-refractivity contribution in [3.8, 4) is 5.75 Å². The minimum Gasteiger partial charge on any atom is -0.491 e. The zero-order chi connectivity index (χ0) is 14.1. The lowest BCUT2D eigenvalue weighted by Crippen LogP contribution is -2.05. The summed E-state index contributed by atoms with van der Waals surface area (Å²) in [5, 5.41) is 1.19. The number of hydrogen-bond acceptors (Lipinski definition) is 2. The fourth-order valence-corrected chi connectivity index (χ4v) is 2.40. The van der Waals surface area contributed by atoms with Crippen molar-refractivity contribution < 1.29 is 9.15 Å². The molecular weight excluding hydrogens is 250 g/mol. The van der Waals surface area contributed by atoms with E-state index in [1.807, 2.05) is 39.0 Å². The standard InChI is InChI=1S/C17H19NO2/c1-12(2)19-15-6-7-17-14(10-15)8-9-18(17)11-16-5-4-13(3)20-16/h4-10,12H,11H2,1-3H3. The van der Waals surface area contributed by atoms with Crippen LogP contribution in [0.4, 0.5) is 0 Å². The van der Waals surface area contributed by atoms with Crippen molar-refractivity contribution in [3.63, 3.8) is 0 Å². The molecule has 0 aliphatic rings. The summed E-state index contributed by atoms with van der Waals surface area (Å²) in [6.45, 7) is 6.79. The normalized spacial score (nSPS) is 11.4. The Labute approximate surface area is 118 Å². The molecule has 0 N–H and O–H groups in total. The molecule has 2 heterocycles. The van der Waals surface area contributed by atoms with Crippen LogP contribution in [0, 0.1) is 6.92 Å². The average Bonchev–Trinajstić information content (AvgIpc) is 2.96. The van der Waals surface area contributed by atoms with Crippen molar-refractivity contribution >= 4 is 10.9 Å². The van der Waals surface area contributed by atoms with E-state index in [4.69, 9.17) is 9.15 Å². The highest BCUT2D eigenvalue weighted by Gasteiger charge is 2.06. The second-order valence-electron chi connectivity index (χ2n) is 5.34. The molecule has 0 fully saturated rings. The smallest absolute Gasteiger partial charge is 0.123 e. The third-order valence-electron chi connectivity index (χ3n) is 3.24. The summed E-state index contributed by atoms with van der Waals surface area (Å²) in [4.78, 5) is 0. The number of aromatic nitrogens is 1. The number of fused-ring (bicyclic) bond motifs is 1. The highest BCUT2D eigenvalue weighted by molar-refractivity contribution is 5.81. The topological polar surface area (TPSA) is 27.3 Å². The molecule has 0 unspecified atom stereocenters. The molecule has 3 heteroatoms. The van der Waals surface area contributed by atoms with Crippen LogP contribution < -0.4 is 4.74 Å². The maximum absolute atomic E-state index is 5.73. The summed E-state index contributed by atoms with van der Waals surface area (Å²) in [6, 6.07) is 12.3. The van der Waals surface area contributed by atoms with Gasteiger partial charge in [0.2, 0.25) is 0 Å². The maximum atomic E-state index is 5.73. The quantitative estimate of drug-likeness (QED) is 0.703. The number of furan rings is 1. The van der Waals surface area contributed by atoms with E-state index in [2.05, 4.69) is 29.0 Å². The van der Waals surface area contributed by atoms with E-state index >= 15 is 0 Å². The number of benzene rings is 1. The van der Waals surface area contributed by atoms with Crippen molar-refractivity contribution in [2.24, 2.45) is 0 Å². The summed E-state index contributed by atoms with van der Waals surface area (Å²) in [5.74, 6) is 2.84. The van der Waals surface area contributed by atoms with E-state index in [0.29, 0.717) is 0 Å². The van der Waals surface area contributed by atoms with Gasteiger partial charge in [-0.05, 0) is 57.2 Å². The first kappa shape index (κ1) is 12.9. The Morgan fingerprint density at radius 3 is 2.70 bits per heavy atom. The first-order valence-electron chi connectivity index (χ1n) is 6.93. The van der Waals surface area contributed by atoms with Crippen molar-refractivity contribution in [3.05, 3.63) is 54.1 Å². The zero-order valence-corrected chi connectivity index (χ0v) is 12.1. The van der Waals surface area contributed by atoms with Crippen LogP contribution in [0.5, 0.6) is 5.75 Å². The van der Waals surface area contributed by atoms with E-state index < -0.39 is 0 Å². The van der Waals surface area contributed by atoms with Crippen LogP contribution >= 0.6 is 0 Å². The zero-order valence-electron chi connectivity index (χ0n) is 12.1. The Kier molecular flexibility index (Phi) is 3.26. The Morgan fingerprint density at radius 2 is 2.00 bits per heavy atom. The van der Waals surface area contributed by atoms with Gasteiger partial charge in [-0.1, -0.05) is 0 Å². The van der Waals surface area contributed by atoms with Crippen LogP contribution in [-0.4, -0.2) is 10.7 Å². The third kappa shape index (κ3) is 2.57. The molecule has 20 heavy (non-hydrogen) atoms. The number of rotatable bonds is 4. The number of nitrogens with zero attached hydrogens (tertiary/aromatic N) is 1. The Bertz CT molecular complexity index is 722. The summed E-state index contributed by atoms with van der Waals surface area (Å²) >= 11 is 0. The molecular formula is C17H19NO2. The Hall–Kier alpha value is -2.16. The lowest BCUT2D eigenvalue weighted by Gasteiger charge is -2.10. The van der Waals surface area contributed by atoms with E-state index in [-0.39, 0.29) is 6.10 Å². The molecule has 0 amide bonds. The molecule has 0 saturated heterocycles. The van der Waals surface area contributed by atoms with Gasteiger partial charge in [-0.3, -0.25) is 0 Å². The summed E-state index contributed by atoms with van der Waals surface area (Å²) in [7, 11) is 0. The Balaban J connectivity index is 1.89. The van der Waals surface area contributed by atoms with Gasteiger partial charge < -0.3 is 13.7 Å². The van der Waals surface area contributed by atoms with Crippen molar-refractivity contribution in [2.75, 3.05) is 0 Å². The van der Waals surface area contributed by atoms with Crippen LogP contribution in [0.1, 0.15) is 25.4 Å². The SMILES string of the molecule is Cc1ccc(Cn2ccc3cc(OC(C)C)ccc32)o1. The fraction of sp³-hybridized carbons (Fsp3) is 0.294. The Morgan fingerprint density at radius 1 is 1.15 bits per heavy atom. The van der Waals surface area contributed by atoms with Gasteiger partial charge >= 0.3 is 0 Å². The van der Waals surface area contributed by atoms with Gasteiger partial charge in [-0.2, -0.15) is 0 Å². The van der Waals surface area contributed by atoms with Gasteiger partial charge in [0.05, 0.1) is 12.6 Å². The molecule has 0 radical (unpaired) electrons. The molecule has 0 atom stereocenters. The number of hydrogen-bond donors (Lipinski definition) is 0. The van der Waals surface area contributed by atoms with Gasteiger partial charge in [0.25, 0.3) is 0 Å². The number of ether oxygens (including phenoxy) is 1. The first-order chi connectivity index (χ1) is 9.61. The first-order valence-corrected chi connectivity index (χ1v) is 6.93. The molecule has 0 saturated carbocycles. The second kappa shape index (κ2) is 5.08. The molecule has 104 valence electrons.